The first-order chi connectivity index (χ1) is 6.73. The summed E-state index contributed by atoms with van der Waals surface area (Å²) in [7, 11) is 0. The van der Waals surface area contributed by atoms with E-state index in [9.17, 15) is 0 Å². The van der Waals surface area contributed by atoms with Crippen molar-refractivity contribution in [1.82, 2.24) is 0 Å². The second kappa shape index (κ2) is 3.74. The molecule has 1 saturated heterocycles. The molecule has 1 aromatic carbocycles. The highest BCUT2D eigenvalue weighted by Crippen LogP contribution is 2.38. The second-order valence-electron chi connectivity index (χ2n) is 4.67. The van der Waals surface area contributed by atoms with Crippen LogP contribution in [0.1, 0.15) is 19.4 Å². The van der Waals surface area contributed by atoms with E-state index in [0.717, 1.165) is 19.6 Å². The maximum absolute atomic E-state index is 5.37. The molecule has 0 unspecified atom stereocenters. The van der Waals surface area contributed by atoms with Gasteiger partial charge in [-0.2, -0.15) is 0 Å². The summed E-state index contributed by atoms with van der Waals surface area (Å²) in [6.45, 7) is 6.45. The summed E-state index contributed by atoms with van der Waals surface area (Å²) in [5.74, 6) is 0.705. The van der Waals surface area contributed by atoms with E-state index >= 15 is 0 Å². The third-order valence-corrected chi connectivity index (χ3v) is 3.40. The van der Waals surface area contributed by atoms with E-state index in [4.69, 9.17) is 4.74 Å². The Kier molecular flexibility index (Phi) is 2.60. The van der Waals surface area contributed by atoms with E-state index in [0.29, 0.717) is 11.3 Å². The minimum absolute atomic E-state index is 0.404. The molecule has 76 valence electrons. The van der Waals surface area contributed by atoms with Crippen molar-refractivity contribution in [3.8, 4) is 0 Å². The van der Waals surface area contributed by atoms with Crippen LogP contribution in [0.25, 0.3) is 0 Å². The summed E-state index contributed by atoms with van der Waals surface area (Å²) < 4.78 is 5.37. The molecule has 0 atom stereocenters. The van der Waals surface area contributed by atoms with E-state index in [1.165, 1.54) is 5.56 Å². The van der Waals surface area contributed by atoms with Crippen LogP contribution in [0.2, 0.25) is 0 Å². The predicted molar refractivity (Wildman–Crippen MR) is 58.2 cm³/mol. The molecule has 0 aliphatic carbocycles. The molecule has 1 aromatic rings. The van der Waals surface area contributed by atoms with Gasteiger partial charge in [-0.1, -0.05) is 44.2 Å². The molecule has 14 heavy (non-hydrogen) atoms. The summed E-state index contributed by atoms with van der Waals surface area (Å²) in [5, 5.41) is 0. The first-order valence-corrected chi connectivity index (χ1v) is 5.35. The number of hydrogen-bond donors (Lipinski definition) is 0. The maximum Gasteiger partial charge on any atom is 0.0550 e. The molecule has 0 spiro atoms. The molecule has 1 aliphatic heterocycles. The summed E-state index contributed by atoms with van der Waals surface area (Å²) in [4.78, 5) is 0. The van der Waals surface area contributed by atoms with E-state index in [1.54, 1.807) is 0 Å². The van der Waals surface area contributed by atoms with Crippen LogP contribution in [0.15, 0.2) is 30.3 Å². The number of rotatable bonds is 3. The van der Waals surface area contributed by atoms with Crippen molar-refractivity contribution >= 4 is 0 Å². The molecular formula is C13H18O. The van der Waals surface area contributed by atoms with Crippen molar-refractivity contribution in [2.24, 2.45) is 11.3 Å². The Balaban J connectivity index is 2.09. The Morgan fingerprint density at radius 1 is 1.21 bits per heavy atom. The van der Waals surface area contributed by atoms with Gasteiger partial charge in [0, 0.05) is 5.41 Å². The molecule has 0 amide bonds. The van der Waals surface area contributed by atoms with Crippen molar-refractivity contribution in [1.29, 1.82) is 0 Å². The topological polar surface area (TPSA) is 9.23 Å². The van der Waals surface area contributed by atoms with Crippen molar-refractivity contribution in [2.75, 3.05) is 13.2 Å². The molecular weight excluding hydrogens is 172 g/mol. The molecule has 1 aliphatic rings. The Bertz CT molecular complexity index is 285. The van der Waals surface area contributed by atoms with Gasteiger partial charge in [0.1, 0.15) is 0 Å². The van der Waals surface area contributed by atoms with Crippen molar-refractivity contribution in [2.45, 2.75) is 20.3 Å². The van der Waals surface area contributed by atoms with Gasteiger partial charge in [0.25, 0.3) is 0 Å². The Morgan fingerprint density at radius 3 is 2.29 bits per heavy atom. The Morgan fingerprint density at radius 2 is 1.86 bits per heavy atom. The molecule has 0 aromatic heterocycles. The smallest absolute Gasteiger partial charge is 0.0550 e. The standard InChI is InChI=1S/C13H18O/c1-11(2)13(9-14-10-13)8-12-6-4-3-5-7-12/h3-7,11H,8-10H2,1-2H3. The third-order valence-electron chi connectivity index (χ3n) is 3.40. The quantitative estimate of drug-likeness (QED) is 0.712. The van der Waals surface area contributed by atoms with Crippen molar-refractivity contribution in [3.05, 3.63) is 35.9 Å². The van der Waals surface area contributed by atoms with Crippen LogP contribution in [0, 0.1) is 11.3 Å². The zero-order valence-corrected chi connectivity index (χ0v) is 8.99. The number of ether oxygens (including phenoxy) is 1. The lowest BCUT2D eigenvalue weighted by Gasteiger charge is -2.45. The van der Waals surface area contributed by atoms with Gasteiger partial charge in [-0.3, -0.25) is 0 Å². The highest BCUT2D eigenvalue weighted by atomic mass is 16.5. The molecule has 1 nitrogen and oxygen atoms in total. The molecule has 0 radical (unpaired) electrons. The van der Waals surface area contributed by atoms with Gasteiger partial charge >= 0.3 is 0 Å². The second-order valence-corrected chi connectivity index (χ2v) is 4.67. The van der Waals surface area contributed by atoms with Gasteiger partial charge in [-0.25, -0.2) is 0 Å². The van der Waals surface area contributed by atoms with Crippen molar-refractivity contribution < 1.29 is 4.74 Å². The van der Waals surface area contributed by atoms with Crippen LogP contribution in [0.5, 0.6) is 0 Å². The van der Waals surface area contributed by atoms with E-state index in [2.05, 4.69) is 44.2 Å². The summed E-state index contributed by atoms with van der Waals surface area (Å²) in [6, 6.07) is 10.7. The largest absolute Gasteiger partial charge is 0.380 e. The minimum atomic E-state index is 0.404. The predicted octanol–water partition coefficient (Wildman–Crippen LogP) is 2.90. The van der Waals surface area contributed by atoms with Gasteiger partial charge in [0.05, 0.1) is 13.2 Å². The lowest BCUT2D eigenvalue weighted by molar-refractivity contribution is -0.138. The fourth-order valence-corrected chi connectivity index (χ4v) is 2.01. The van der Waals surface area contributed by atoms with Crippen LogP contribution in [0.3, 0.4) is 0 Å². The molecule has 0 saturated carbocycles. The average molecular weight is 190 g/mol. The SMILES string of the molecule is CC(C)C1(Cc2ccccc2)COC1. The van der Waals surface area contributed by atoms with Crippen LogP contribution < -0.4 is 0 Å². The molecule has 1 heterocycles. The van der Waals surface area contributed by atoms with Gasteiger partial charge in [-0.05, 0) is 17.9 Å². The first-order valence-electron chi connectivity index (χ1n) is 5.35. The summed E-state index contributed by atoms with van der Waals surface area (Å²) in [5.41, 5.74) is 1.84. The highest BCUT2D eigenvalue weighted by molar-refractivity contribution is 5.17. The monoisotopic (exact) mass is 190 g/mol. The van der Waals surface area contributed by atoms with Crippen LogP contribution >= 0.6 is 0 Å². The van der Waals surface area contributed by atoms with E-state index in [-0.39, 0.29) is 0 Å². The number of benzene rings is 1. The van der Waals surface area contributed by atoms with Gasteiger partial charge in [0.2, 0.25) is 0 Å². The molecule has 0 bridgehead atoms. The highest BCUT2D eigenvalue weighted by Gasteiger charge is 2.41. The fourth-order valence-electron chi connectivity index (χ4n) is 2.01. The van der Waals surface area contributed by atoms with E-state index in [1.807, 2.05) is 0 Å². The zero-order valence-electron chi connectivity index (χ0n) is 8.99. The zero-order chi connectivity index (χ0) is 10.0. The Labute approximate surface area is 86.1 Å². The van der Waals surface area contributed by atoms with Gasteiger partial charge < -0.3 is 4.74 Å². The summed E-state index contributed by atoms with van der Waals surface area (Å²) in [6.07, 6.45) is 1.16. The normalized spacial score (nSPS) is 19.4. The van der Waals surface area contributed by atoms with Gasteiger partial charge in [0.15, 0.2) is 0 Å². The average Bonchev–Trinajstić information content (AvgIpc) is 2.12. The number of hydrogen-bond acceptors (Lipinski definition) is 1. The first kappa shape index (κ1) is 9.72. The lowest BCUT2D eigenvalue weighted by Crippen LogP contribution is -2.48. The molecule has 0 N–H and O–H groups in total. The minimum Gasteiger partial charge on any atom is -0.380 e. The van der Waals surface area contributed by atoms with Crippen LogP contribution in [0.4, 0.5) is 0 Å². The van der Waals surface area contributed by atoms with Crippen LogP contribution in [-0.2, 0) is 11.2 Å². The molecule has 1 fully saturated rings. The third kappa shape index (κ3) is 1.69. The maximum atomic E-state index is 5.37. The van der Waals surface area contributed by atoms with Gasteiger partial charge in [-0.15, -0.1) is 0 Å². The Hall–Kier alpha value is -0.820. The fraction of sp³-hybridized carbons (Fsp3) is 0.538. The molecule has 2 rings (SSSR count). The van der Waals surface area contributed by atoms with Crippen molar-refractivity contribution in [3.63, 3.8) is 0 Å². The lowest BCUT2D eigenvalue weighted by atomic mass is 9.71. The summed E-state index contributed by atoms with van der Waals surface area (Å²) >= 11 is 0. The molecule has 1 heteroatoms. The van der Waals surface area contributed by atoms with E-state index < -0.39 is 0 Å². The van der Waals surface area contributed by atoms with Crippen LogP contribution in [-0.4, -0.2) is 13.2 Å².